The van der Waals surface area contributed by atoms with E-state index in [1.807, 2.05) is 6.92 Å². The molecule has 2 heteroatoms. The minimum Gasteiger partial charge on any atom is -0.383 e. The van der Waals surface area contributed by atoms with Gasteiger partial charge < -0.3 is 5.32 Å². The average molecular weight is 218 g/mol. The normalized spacial score (nSPS) is 17.4. The van der Waals surface area contributed by atoms with E-state index in [-0.39, 0.29) is 0 Å². The summed E-state index contributed by atoms with van der Waals surface area (Å²) in [5.41, 5.74) is 3.42. The summed E-state index contributed by atoms with van der Waals surface area (Å²) < 4.78 is 0. The van der Waals surface area contributed by atoms with Crippen LogP contribution in [0.2, 0.25) is 0 Å². The summed E-state index contributed by atoms with van der Waals surface area (Å²) in [5, 5.41) is 3.55. The standard InChI is InChI=1S/C14H22N2/c1-11-8-9-14(12(2)16-11)15-10-13-6-4-3-5-7-13/h8-9,13,15H,3-7,10H2,1-2H3. The Kier molecular flexibility index (Phi) is 3.81. The first kappa shape index (κ1) is 11.4. The first-order valence-electron chi connectivity index (χ1n) is 6.44. The number of nitrogens with zero attached hydrogens (tertiary/aromatic N) is 1. The second-order valence-electron chi connectivity index (χ2n) is 4.97. The third-order valence-corrected chi connectivity index (χ3v) is 3.53. The van der Waals surface area contributed by atoms with Crippen molar-refractivity contribution < 1.29 is 0 Å². The van der Waals surface area contributed by atoms with E-state index in [0.29, 0.717) is 0 Å². The van der Waals surface area contributed by atoms with Crippen molar-refractivity contribution in [1.29, 1.82) is 0 Å². The van der Waals surface area contributed by atoms with Crippen molar-refractivity contribution in [2.24, 2.45) is 5.92 Å². The SMILES string of the molecule is Cc1ccc(NCC2CCCCC2)c(C)n1. The summed E-state index contributed by atoms with van der Waals surface area (Å²) in [6, 6.07) is 4.23. The van der Waals surface area contributed by atoms with Crippen molar-refractivity contribution in [3.05, 3.63) is 23.5 Å². The second kappa shape index (κ2) is 5.33. The van der Waals surface area contributed by atoms with E-state index in [9.17, 15) is 0 Å². The predicted molar refractivity (Wildman–Crippen MR) is 68.8 cm³/mol. The summed E-state index contributed by atoms with van der Waals surface area (Å²) >= 11 is 0. The van der Waals surface area contributed by atoms with Crippen LogP contribution in [-0.2, 0) is 0 Å². The molecule has 2 nitrogen and oxygen atoms in total. The topological polar surface area (TPSA) is 24.9 Å². The number of hydrogen-bond donors (Lipinski definition) is 1. The highest BCUT2D eigenvalue weighted by Crippen LogP contribution is 2.24. The Morgan fingerprint density at radius 2 is 1.94 bits per heavy atom. The van der Waals surface area contributed by atoms with Gasteiger partial charge in [-0.2, -0.15) is 0 Å². The van der Waals surface area contributed by atoms with Gasteiger partial charge in [-0.1, -0.05) is 19.3 Å². The zero-order valence-corrected chi connectivity index (χ0v) is 10.4. The Labute approximate surface area is 98.5 Å². The molecule has 0 atom stereocenters. The zero-order valence-electron chi connectivity index (χ0n) is 10.4. The van der Waals surface area contributed by atoms with Gasteiger partial charge in [-0.05, 0) is 44.7 Å². The molecule has 1 saturated carbocycles. The van der Waals surface area contributed by atoms with Crippen molar-refractivity contribution in [2.45, 2.75) is 46.0 Å². The van der Waals surface area contributed by atoms with Crippen molar-refractivity contribution in [3.8, 4) is 0 Å². The first-order chi connectivity index (χ1) is 7.75. The molecule has 0 amide bonds. The smallest absolute Gasteiger partial charge is 0.0606 e. The molecule has 0 aromatic carbocycles. The average Bonchev–Trinajstić information content (AvgIpc) is 2.29. The minimum atomic E-state index is 0.870. The van der Waals surface area contributed by atoms with Crippen LogP contribution in [0.3, 0.4) is 0 Å². The summed E-state index contributed by atoms with van der Waals surface area (Å²) in [7, 11) is 0. The minimum absolute atomic E-state index is 0.870. The predicted octanol–water partition coefficient (Wildman–Crippen LogP) is 3.69. The van der Waals surface area contributed by atoms with Crippen LogP contribution in [-0.4, -0.2) is 11.5 Å². The van der Waals surface area contributed by atoms with E-state index in [1.165, 1.54) is 37.8 Å². The van der Waals surface area contributed by atoms with Gasteiger partial charge in [-0.15, -0.1) is 0 Å². The van der Waals surface area contributed by atoms with Gasteiger partial charge >= 0.3 is 0 Å². The third kappa shape index (κ3) is 2.97. The van der Waals surface area contributed by atoms with Gasteiger partial charge in [0.05, 0.1) is 11.4 Å². The molecule has 1 N–H and O–H groups in total. The van der Waals surface area contributed by atoms with Crippen molar-refractivity contribution >= 4 is 5.69 Å². The molecule has 1 fully saturated rings. The zero-order chi connectivity index (χ0) is 11.4. The third-order valence-electron chi connectivity index (χ3n) is 3.53. The molecule has 1 aliphatic rings. The number of nitrogens with one attached hydrogen (secondary N) is 1. The van der Waals surface area contributed by atoms with Crippen LogP contribution in [0.5, 0.6) is 0 Å². The highest BCUT2D eigenvalue weighted by atomic mass is 14.9. The number of aromatic nitrogens is 1. The van der Waals surface area contributed by atoms with E-state index < -0.39 is 0 Å². The molecule has 1 aromatic rings. The van der Waals surface area contributed by atoms with Gasteiger partial charge in [0.2, 0.25) is 0 Å². The van der Waals surface area contributed by atoms with Gasteiger partial charge in [0.15, 0.2) is 0 Å². The number of anilines is 1. The van der Waals surface area contributed by atoms with Crippen LogP contribution in [0.4, 0.5) is 5.69 Å². The van der Waals surface area contributed by atoms with Crippen LogP contribution in [0.25, 0.3) is 0 Å². The summed E-state index contributed by atoms with van der Waals surface area (Å²) in [4.78, 5) is 4.47. The molecule has 0 saturated heterocycles. The second-order valence-corrected chi connectivity index (χ2v) is 4.97. The Balaban J connectivity index is 1.88. The van der Waals surface area contributed by atoms with Gasteiger partial charge in [0, 0.05) is 12.2 Å². The number of rotatable bonds is 3. The molecule has 0 spiro atoms. The monoisotopic (exact) mass is 218 g/mol. The molecule has 0 bridgehead atoms. The summed E-state index contributed by atoms with van der Waals surface area (Å²) in [5.74, 6) is 0.870. The molecule has 88 valence electrons. The van der Waals surface area contributed by atoms with E-state index in [4.69, 9.17) is 0 Å². The molecule has 2 rings (SSSR count). The Hall–Kier alpha value is -1.05. The van der Waals surface area contributed by atoms with Gasteiger partial charge in [-0.3, -0.25) is 4.98 Å². The fourth-order valence-electron chi connectivity index (χ4n) is 2.52. The van der Waals surface area contributed by atoms with E-state index >= 15 is 0 Å². The lowest BCUT2D eigenvalue weighted by atomic mass is 9.89. The van der Waals surface area contributed by atoms with Gasteiger partial charge in [0.25, 0.3) is 0 Å². The maximum absolute atomic E-state index is 4.47. The lowest BCUT2D eigenvalue weighted by Gasteiger charge is -2.22. The number of hydrogen-bond acceptors (Lipinski definition) is 2. The van der Waals surface area contributed by atoms with E-state index in [1.54, 1.807) is 0 Å². The van der Waals surface area contributed by atoms with Crippen molar-refractivity contribution in [2.75, 3.05) is 11.9 Å². The molecule has 1 aliphatic carbocycles. The summed E-state index contributed by atoms with van der Waals surface area (Å²) in [6.45, 7) is 5.24. The molecule has 0 aliphatic heterocycles. The van der Waals surface area contributed by atoms with Crippen LogP contribution in [0.15, 0.2) is 12.1 Å². The molecular formula is C14H22N2. The highest BCUT2D eigenvalue weighted by Gasteiger charge is 2.13. The number of pyridine rings is 1. The van der Waals surface area contributed by atoms with Gasteiger partial charge in [0.1, 0.15) is 0 Å². The molecule has 1 aromatic heterocycles. The molecule has 0 unspecified atom stereocenters. The maximum Gasteiger partial charge on any atom is 0.0606 e. The highest BCUT2D eigenvalue weighted by molar-refractivity contribution is 5.47. The van der Waals surface area contributed by atoms with Crippen molar-refractivity contribution in [1.82, 2.24) is 4.98 Å². The van der Waals surface area contributed by atoms with Crippen molar-refractivity contribution in [3.63, 3.8) is 0 Å². The van der Waals surface area contributed by atoms with Crippen LogP contribution in [0, 0.1) is 19.8 Å². The largest absolute Gasteiger partial charge is 0.383 e. The first-order valence-corrected chi connectivity index (χ1v) is 6.44. The fraction of sp³-hybridized carbons (Fsp3) is 0.643. The quantitative estimate of drug-likeness (QED) is 0.837. The van der Waals surface area contributed by atoms with Crippen LogP contribution < -0.4 is 5.32 Å². The summed E-state index contributed by atoms with van der Waals surface area (Å²) in [6.07, 6.45) is 7.05. The Morgan fingerprint density at radius 1 is 1.19 bits per heavy atom. The Bertz CT molecular complexity index is 341. The van der Waals surface area contributed by atoms with Crippen LogP contribution >= 0.6 is 0 Å². The fourth-order valence-corrected chi connectivity index (χ4v) is 2.52. The van der Waals surface area contributed by atoms with Gasteiger partial charge in [-0.25, -0.2) is 0 Å². The maximum atomic E-state index is 4.47. The Morgan fingerprint density at radius 3 is 2.62 bits per heavy atom. The lowest BCUT2D eigenvalue weighted by molar-refractivity contribution is 0.373. The lowest BCUT2D eigenvalue weighted by Crippen LogP contribution is -2.17. The molecular weight excluding hydrogens is 196 g/mol. The molecule has 0 radical (unpaired) electrons. The molecule has 1 heterocycles. The molecule has 16 heavy (non-hydrogen) atoms. The van der Waals surface area contributed by atoms with E-state index in [2.05, 4.69) is 29.4 Å². The van der Waals surface area contributed by atoms with E-state index in [0.717, 1.165) is 23.9 Å². The number of aryl methyl sites for hydroxylation is 2. The van der Waals surface area contributed by atoms with Crippen LogP contribution in [0.1, 0.15) is 43.5 Å².